The second-order valence-corrected chi connectivity index (χ2v) is 5.32. The SMILES string of the molecule is O=C(/C=C/c1ccc(C(F)(F)F)cc1)NNC(=O)c1cccs1. The average Bonchev–Trinajstić information content (AvgIpc) is 3.04. The van der Waals surface area contributed by atoms with Crippen LogP contribution in [-0.4, -0.2) is 11.8 Å². The first-order valence-electron chi connectivity index (χ1n) is 6.35. The zero-order chi connectivity index (χ0) is 16.9. The minimum atomic E-state index is -4.40. The van der Waals surface area contributed by atoms with Gasteiger partial charge in [-0.05, 0) is 35.2 Å². The van der Waals surface area contributed by atoms with Crippen LogP contribution in [0.3, 0.4) is 0 Å². The summed E-state index contributed by atoms with van der Waals surface area (Å²) in [6.07, 6.45) is -1.95. The first-order chi connectivity index (χ1) is 10.9. The largest absolute Gasteiger partial charge is 0.416 e. The number of hydrazine groups is 1. The van der Waals surface area contributed by atoms with E-state index in [0.29, 0.717) is 10.4 Å². The molecule has 4 nitrogen and oxygen atoms in total. The van der Waals surface area contributed by atoms with Crippen LogP contribution in [0.2, 0.25) is 0 Å². The highest BCUT2D eigenvalue weighted by Gasteiger charge is 2.29. The Hall–Kier alpha value is -2.61. The Labute approximate surface area is 133 Å². The molecular weight excluding hydrogens is 329 g/mol. The predicted octanol–water partition coefficient (Wildman–Crippen LogP) is 3.24. The highest BCUT2D eigenvalue weighted by molar-refractivity contribution is 7.12. The molecule has 0 saturated carbocycles. The maximum atomic E-state index is 12.4. The van der Waals surface area contributed by atoms with E-state index in [1.54, 1.807) is 17.5 Å². The van der Waals surface area contributed by atoms with Crippen LogP contribution in [0.15, 0.2) is 47.9 Å². The molecule has 2 aromatic rings. The molecule has 23 heavy (non-hydrogen) atoms. The number of hydrogen-bond acceptors (Lipinski definition) is 3. The standard InChI is InChI=1S/C15H11F3N2O2S/c16-15(17,18)11-6-3-10(4-7-11)5-8-13(21)19-20-14(22)12-2-1-9-23-12/h1-9H,(H,19,21)(H,20,22)/b8-5+. The van der Waals surface area contributed by atoms with E-state index >= 15 is 0 Å². The summed E-state index contributed by atoms with van der Waals surface area (Å²) in [5.41, 5.74) is 4.07. The van der Waals surface area contributed by atoms with Crippen molar-refractivity contribution in [3.8, 4) is 0 Å². The predicted molar refractivity (Wildman–Crippen MR) is 80.4 cm³/mol. The Morgan fingerprint density at radius 3 is 2.30 bits per heavy atom. The van der Waals surface area contributed by atoms with Gasteiger partial charge in [0.1, 0.15) is 0 Å². The van der Waals surface area contributed by atoms with Gasteiger partial charge in [-0.15, -0.1) is 11.3 Å². The molecule has 0 aliphatic rings. The molecule has 0 unspecified atom stereocenters. The highest BCUT2D eigenvalue weighted by atomic mass is 32.1. The molecule has 2 amide bonds. The van der Waals surface area contributed by atoms with E-state index in [2.05, 4.69) is 10.9 Å². The van der Waals surface area contributed by atoms with E-state index in [9.17, 15) is 22.8 Å². The summed E-state index contributed by atoms with van der Waals surface area (Å²) in [5, 5.41) is 1.72. The maximum absolute atomic E-state index is 12.4. The van der Waals surface area contributed by atoms with Gasteiger partial charge in [0.25, 0.3) is 11.8 Å². The fraction of sp³-hybridized carbons (Fsp3) is 0.0667. The van der Waals surface area contributed by atoms with Gasteiger partial charge in [-0.2, -0.15) is 13.2 Å². The smallest absolute Gasteiger partial charge is 0.268 e. The normalized spacial score (nSPS) is 11.4. The molecule has 0 saturated heterocycles. The van der Waals surface area contributed by atoms with Gasteiger partial charge < -0.3 is 0 Å². The average molecular weight is 340 g/mol. The first kappa shape index (κ1) is 16.8. The molecule has 0 bridgehead atoms. The molecule has 0 aliphatic carbocycles. The number of hydrogen-bond donors (Lipinski definition) is 2. The third-order valence-electron chi connectivity index (χ3n) is 2.71. The highest BCUT2D eigenvalue weighted by Crippen LogP contribution is 2.29. The molecule has 0 spiro atoms. The zero-order valence-corrected chi connectivity index (χ0v) is 12.4. The molecule has 1 aromatic heterocycles. The van der Waals surface area contributed by atoms with Crippen LogP contribution in [0.4, 0.5) is 13.2 Å². The molecule has 1 heterocycles. The number of benzene rings is 1. The van der Waals surface area contributed by atoms with Crippen LogP contribution in [0.1, 0.15) is 20.8 Å². The van der Waals surface area contributed by atoms with Crippen molar-refractivity contribution in [1.82, 2.24) is 10.9 Å². The molecule has 8 heteroatoms. The van der Waals surface area contributed by atoms with Crippen molar-refractivity contribution in [3.05, 3.63) is 63.9 Å². The number of nitrogens with one attached hydrogen (secondary N) is 2. The first-order valence-corrected chi connectivity index (χ1v) is 7.23. The Kier molecular flexibility index (Phi) is 5.17. The molecule has 2 N–H and O–H groups in total. The number of carbonyl (C=O) groups is 2. The number of thiophene rings is 1. The molecule has 120 valence electrons. The van der Waals surface area contributed by atoms with Crippen molar-refractivity contribution in [1.29, 1.82) is 0 Å². The van der Waals surface area contributed by atoms with Crippen LogP contribution in [0.5, 0.6) is 0 Å². The number of halogens is 3. The summed E-state index contributed by atoms with van der Waals surface area (Å²) in [6, 6.07) is 7.65. The Balaban J connectivity index is 1.87. The molecule has 0 aliphatic heterocycles. The van der Waals surface area contributed by atoms with Crippen molar-refractivity contribution in [3.63, 3.8) is 0 Å². The molecule has 0 atom stereocenters. The van der Waals surface area contributed by atoms with Gasteiger partial charge in [-0.3, -0.25) is 20.4 Å². The number of amides is 2. The lowest BCUT2D eigenvalue weighted by Gasteiger charge is -2.06. The van der Waals surface area contributed by atoms with E-state index in [-0.39, 0.29) is 0 Å². The van der Waals surface area contributed by atoms with E-state index in [1.807, 2.05) is 0 Å². The maximum Gasteiger partial charge on any atom is 0.416 e. The van der Waals surface area contributed by atoms with Gasteiger partial charge >= 0.3 is 6.18 Å². The third-order valence-corrected chi connectivity index (χ3v) is 3.58. The molecule has 2 rings (SSSR count). The molecule has 0 fully saturated rings. The Morgan fingerprint density at radius 1 is 1.04 bits per heavy atom. The summed E-state index contributed by atoms with van der Waals surface area (Å²) >= 11 is 1.22. The second kappa shape index (κ2) is 7.10. The summed E-state index contributed by atoms with van der Waals surface area (Å²) in [4.78, 5) is 23.5. The molecular formula is C15H11F3N2O2S. The Morgan fingerprint density at radius 2 is 1.74 bits per heavy atom. The van der Waals surface area contributed by atoms with Crippen molar-refractivity contribution in [2.75, 3.05) is 0 Å². The molecule has 1 aromatic carbocycles. The van der Waals surface area contributed by atoms with Gasteiger partial charge in [-0.25, -0.2) is 0 Å². The van der Waals surface area contributed by atoms with Crippen LogP contribution in [0.25, 0.3) is 6.08 Å². The van der Waals surface area contributed by atoms with E-state index < -0.39 is 23.6 Å². The van der Waals surface area contributed by atoms with E-state index in [4.69, 9.17) is 0 Å². The lowest BCUT2D eigenvalue weighted by molar-refractivity contribution is -0.137. The minimum absolute atomic E-state index is 0.428. The van der Waals surface area contributed by atoms with Crippen molar-refractivity contribution in [2.45, 2.75) is 6.18 Å². The van der Waals surface area contributed by atoms with Crippen LogP contribution in [0, 0.1) is 0 Å². The third kappa shape index (κ3) is 4.96. The lowest BCUT2D eigenvalue weighted by atomic mass is 10.1. The second-order valence-electron chi connectivity index (χ2n) is 4.37. The van der Waals surface area contributed by atoms with Crippen molar-refractivity contribution in [2.24, 2.45) is 0 Å². The van der Waals surface area contributed by atoms with E-state index in [0.717, 1.165) is 18.2 Å². The van der Waals surface area contributed by atoms with Crippen molar-refractivity contribution < 1.29 is 22.8 Å². The summed E-state index contributed by atoms with van der Waals surface area (Å²) < 4.78 is 37.2. The van der Waals surface area contributed by atoms with Gasteiger partial charge in [-0.1, -0.05) is 18.2 Å². The summed E-state index contributed by atoms with van der Waals surface area (Å²) in [7, 11) is 0. The van der Waals surface area contributed by atoms with Gasteiger partial charge in [0, 0.05) is 6.08 Å². The quantitative estimate of drug-likeness (QED) is 0.666. The van der Waals surface area contributed by atoms with Gasteiger partial charge in [0.15, 0.2) is 0 Å². The van der Waals surface area contributed by atoms with Gasteiger partial charge in [0.05, 0.1) is 10.4 Å². The van der Waals surface area contributed by atoms with Crippen LogP contribution in [-0.2, 0) is 11.0 Å². The lowest BCUT2D eigenvalue weighted by Crippen LogP contribution is -2.40. The Bertz CT molecular complexity index is 707. The van der Waals surface area contributed by atoms with Crippen LogP contribution >= 0.6 is 11.3 Å². The van der Waals surface area contributed by atoms with Crippen LogP contribution < -0.4 is 10.9 Å². The monoisotopic (exact) mass is 340 g/mol. The fourth-order valence-electron chi connectivity index (χ4n) is 1.58. The summed E-state index contributed by atoms with van der Waals surface area (Å²) in [5.74, 6) is -1.05. The zero-order valence-electron chi connectivity index (χ0n) is 11.6. The summed E-state index contributed by atoms with van der Waals surface area (Å²) in [6.45, 7) is 0. The number of carbonyl (C=O) groups excluding carboxylic acids is 2. The number of rotatable bonds is 3. The fourth-order valence-corrected chi connectivity index (χ4v) is 2.20. The van der Waals surface area contributed by atoms with E-state index in [1.165, 1.54) is 29.5 Å². The minimum Gasteiger partial charge on any atom is -0.268 e. The van der Waals surface area contributed by atoms with Crippen molar-refractivity contribution >= 4 is 29.2 Å². The topological polar surface area (TPSA) is 58.2 Å². The molecule has 0 radical (unpaired) electrons. The van der Waals surface area contributed by atoms with Gasteiger partial charge in [0.2, 0.25) is 0 Å². The number of alkyl halides is 3.